The van der Waals surface area contributed by atoms with Crippen molar-refractivity contribution in [2.45, 2.75) is 38.2 Å². The van der Waals surface area contributed by atoms with Gasteiger partial charge in [0.1, 0.15) is 6.10 Å². The molecule has 2 aliphatic heterocycles. The number of hydrogen-bond donors (Lipinski definition) is 1. The van der Waals surface area contributed by atoms with Gasteiger partial charge in [-0.2, -0.15) is 0 Å². The molecule has 3 amide bonds. The highest BCUT2D eigenvalue weighted by atomic mass is 16.6. The van der Waals surface area contributed by atoms with E-state index in [9.17, 15) is 14.4 Å². The minimum atomic E-state index is -0.399. The zero-order chi connectivity index (χ0) is 22.5. The maximum atomic E-state index is 12.6. The van der Waals surface area contributed by atoms with Crippen molar-refractivity contribution in [1.29, 1.82) is 0 Å². The highest BCUT2D eigenvalue weighted by molar-refractivity contribution is 5.89. The number of carbonyl (C=O) groups is 3. The Morgan fingerprint density at radius 3 is 2.53 bits per heavy atom. The molecule has 0 bridgehead atoms. The average molecular weight is 436 g/mol. The number of carbonyl (C=O) groups excluding carboxylic acids is 3. The van der Waals surface area contributed by atoms with Crippen LogP contribution in [0.4, 0.5) is 10.5 Å². The van der Waals surface area contributed by atoms with Crippen molar-refractivity contribution >= 4 is 23.6 Å². The molecule has 0 spiro atoms. The molecule has 2 saturated heterocycles. The second-order valence-electron chi connectivity index (χ2n) is 8.46. The lowest BCUT2D eigenvalue weighted by Gasteiger charge is -2.18. The van der Waals surface area contributed by atoms with Crippen LogP contribution in [0.2, 0.25) is 0 Å². The lowest BCUT2D eigenvalue weighted by molar-refractivity contribution is -0.130. The van der Waals surface area contributed by atoms with Crippen molar-refractivity contribution in [2.75, 3.05) is 31.1 Å². The maximum absolute atomic E-state index is 12.6. The Morgan fingerprint density at radius 1 is 1.06 bits per heavy atom. The number of ether oxygens (including phenoxy) is 1. The first-order valence-corrected chi connectivity index (χ1v) is 11.1. The quantitative estimate of drug-likeness (QED) is 0.725. The monoisotopic (exact) mass is 435 g/mol. The van der Waals surface area contributed by atoms with Crippen LogP contribution in [-0.2, 0) is 20.7 Å². The van der Waals surface area contributed by atoms with Gasteiger partial charge in [0.25, 0.3) is 0 Å². The van der Waals surface area contributed by atoms with Crippen LogP contribution >= 0.6 is 0 Å². The Hall–Kier alpha value is -3.35. The number of rotatable bonds is 7. The van der Waals surface area contributed by atoms with Gasteiger partial charge in [-0.25, -0.2) is 4.79 Å². The molecule has 2 heterocycles. The van der Waals surface area contributed by atoms with Gasteiger partial charge in [-0.05, 0) is 36.1 Å². The van der Waals surface area contributed by atoms with Crippen molar-refractivity contribution in [3.8, 4) is 0 Å². The van der Waals surface area contributed by atoms with Crippen LogP contribution in [0.15, 0.2) is 54.6 Å². The zero-order valence-electron chi connectivity index (χ0n) is 18.3. The summed E-state index contributed by atoms with van der Waals surface area (Å²) in [5, 5.41) is 2.68. The Bertz CT molecular complexity index is 961. The number of cyclic esters (lactones) is 1. The maximum Gasteiger partial charge on any atom is 0.414 e. The number of nitrogens with one attached hydrogen (secondary N) is 1. The minimum Gasteiger partial charge on any atom is -0.442 e. The molecule has 0 saturated carbocycles. The summed E-state index contributed by atoms with van der Waals surface area (Å²) < 4.78 is 5.33. The largest absolute Gasteiger partial charge is 0.442 e. The molecule has 2 atom stereocenters. The first-order chi connectivity index (χ1) is 15.5. The van der Waals surface area contributed by atoms with Gasteiger partial charge in [0.15, 0.2) is 0 Å². The number of likely N-dealkylation sites (tertiary alicyclic amines) is 1. The van der Waals surface area contributed by atoms with E-state index in [0.717, 1.165) is 31.6 Å². The summed E-state index contributed by atoms with van der Waals surface area (Å²) >= 11 is 0. The summed E-state index contributed by atoms with van der Waals surface area (Å²) in [6, 6.07) is 18.0. The predicted octanol–water partition coefficient (Wildman–Crippen LogP) is 3.10. The fourth-order valence-electron chi connectivity index (χ4n) is 4.34. The Balaban J connectivity index is 1.29. The second kappa shape index (κ2) is 9.85. The van der Waals surface area contributed by atoms with E-state index >= 15 is 0 Å². The zero-order valence-corrected chi connectivity index (χ0v) is 18.3. The molecular formula is C25H29N3O4. The van der Waals surface area contributed by atoms with Crippen molar-refractivity contribution in [3.05, 3.63) is 65.7 Å². The van der Waals surface area contributed by atoms with Gasteiger partial charge in [0, 0.05) is 38.0 Å². The fourth-order valence-corrected chi connectivity index (χ4v) is 4.34. The van der Waals surface area contributed by atoms with Crippen LogP contribution in [0.3, 0.4) is 0 Å². The van der Waals surface area contributed by atoms with E-state index in [2.05, 4.69) is 17.4 Å². The molecule has 2 aliphatic rings. The fraction of sp³-hybridized carbons (Fsp3) is 0.400. The molecular weight excluding hydrogens is 406 g/mol. The normalized spacial score (nSPS) is 20.3. The molecule has 0 aliphatic carbocycles. The van der Waals surface area contributed by atoms with Crippen LogP contribution in [0.25, 0.3) is 0 Å². The lowest BCUT2D eigenvalue weighted by atomic mass is 9.98. The van der Waals surface area contributed by atoms with E-state index in [1.165, 1.54) is 18.1 Å². The summed E-state index contributed by atoms with van der Waals surface area (Å²) in [5.41, 5.74) is 3.14. The van der Waals surface area contributed by atoms with Crippen LogP contribution < -0.4 is 10.2 Å². The van der Waals surface area contributed by atoms with Crippen LogP contribution in [0, 0.1) is 0 Å². The highest BCUT2D eigenvalue weighted by Crippen LogP contribution is 2.30. The van der Waals surface area contributed by atoms with E-state index in [1.807, 2.05) is 47.4 Å². The van der Waals surface area contributed by atoms with E-state index < -0.39 is 6.09 Å². The van der Waals surface area contributed by atoms with Gasteiger partial charge in [0.05, 0.1) is 13.1 Å². The standard InChI is InChI=1S/C25H29N3O4/c1-18(29)26-15-23-17-28(25(31)32-23)22-10-8-20(9-11-22)21-13-14-27(16-21)24(30)12-7-19-5-3-2-4-6-19/h2-6,8-11,21,23H,7,12-17H2,1H3,(H,26,29)/t21?,23-/m0/s1. The van der Waals surface area contributed by atoms with Gasteiger partial charge in [-0.3, -0.25) is 14.5 Å². The molecule has 1 N–H and O–H groups in total. The molecule has 0 aromatic heterocycles. The first kappa shape index (κ1) is 21.9. The second-order valence-corrected chi connectivity index (χ2v) is 8.46. The number of benzene rings is 2. The number of nitrogens with zero attached hydrogens (tertiary/aromatic N) is 2. The summed E-state index contributed by atoms with van der Waals surface area (Å²) in [7, 11) is 0. The Morgan fingerprint density at radius 2 is 1.81 bits per heavy atom. The number of hydrogen-bond acceptors (Lipinski definition) is 4. The topological polar surface area (TPSA) is 79.0 Å². The SMILES string of the molecule is CC(=O)NC[C@H]1CN(c2ccc(C3CCN(C(=O)CCc4ccccc4)C3)cc2)C(=O)O1. The van der Waals surface area contributed by atoms with Gasteiger partial charge < -0.3 is 15.0 Å². The molecule has 2 aromatic rings. The third-order valence-electron chi connectivity index (χ3n) is 6.14. The number of aryl methyl sites for hydroxylation is 1. The highest BCUT2D eigenvalue weighted by Gasteiger charge is 2.33. The average Bonchev–Trinajstić information content (AvgIpc) is 3.44. The van der Waals surface area contributed by atoms with Gasteiger partial charge in [0.2, 0.25) is 11.8 Å². The van der Waals surface area contributed by atoms with Gasteiger partial charge in [-0.15, -0.1) is 0 Å². The number of anilines is 1. The molecule has 2 fully saturated rings. The minimum absolute atomic E-state index is 0.145. The smallest absolute Gasteiger partial charge is 0.414 e. The van der Waals surface area contributed by atoms with Crippen molar-refractivity contribution in [2.24, 2.45) is 0 Å². The third kappa shape index (κ3) is 5.28. The molecule has 0 radical (unpaired) electrons. The van der Waals surface area contributed by atoms with Crippen LogP contribution in [0.5, 0.6) is 0 Å². The summed E-state index contributed by atoms with van der Waals surface area (Å²) in [6.45, 7) is 3.67. The Labute approximate surface area is 188 Å². The molecule has 4 rings (SSSR count). The van der Waals surface area contributed by atoms with Gasteiger partial charge in [-0.1, -0.05) is 42.5 Å². The van der Waals surface area contributed by atoms with E-state index in [0.29, 0.717) is 25.4 Å². The van der Waals surface area contributed by atoms with Crippen molar-refractivity contribution in [3.63, 3.8) is 0 Å². The molecule has 2 aromatic carbocycles. The number of amides is 3. The van der Waals surface area contributed by atoms with Crippen LogP contribution in [-0.4, -0.2) is 55.1 Å². The Kier molecular flexibility index (Phi) is 6.73. The molecule has 7 heteroatoms. The van der Waals surface area contributed by atoms with Crippen molar-refractivity contribution < 1.29 is 19.1 Å². The van der Waals surface area contributed by atoms with E-state index in [4.69, 9.17) is 4.74 Å². The predicted molar refractivity (Wildman–Crippen MR) is 121 cm³/mol. The van der Waals surface area contributed by atoms with Gasteiger partial charge >= 0.3 is 6.09 Å². The molecule has 32 heavy (non-hydrogen) atoms. The van der Waals surface area contributed by atoms with E-state index in [-0.39, 0.29) is 17.9 Å². The lowest BCUT2D eigenvalue weighted by Crippen LogP contribution is -2.33. The first-order valence-electron chi connectivity index (χ1n) is 11.1. The van der Waals surface area contributed by atoms with E-state index in [1.54, 1.807) is 4.90 Å². The molecule has 7 nitrogen and oxygen atoms in total. The molecule has 1 unspecified atom stereocenters. The summed E-state index contributed by atoms with van der Waals surface area (Å²) in [6.07, 6.45) is 1.50. The summed E-state index contributed by atoms with van der Waals surface area (Å²) in [4.78, 5) is 39.5. The van der Waals surface area contributed by atoms with Crippen molar-refractivity contribution in [1.82, 2.24) is 10.2 Å². The van der Waals surface area contributed by atoms with Crippen LogP contribution in [0.1, 0.15) is 36.8 Å². The molecule has 168 valence electrons. The third-order valence-corrected chi connectivity index (χ3v) is 6.14. The summed E-state index contributed by atoms with van der Waals surface area (Å²) in [5.74, 6) is 0.369.